The highest BCUT2D eigenvalue weighted by atomic mass is 16.3. The predicted octanol–water partition coefficient (Wildman–Crippen LogP) is 7.73. The first-order valence-electron chi connectivity index (χ1n) is 10.6. The molecule has 0 aliphatic carbocycles. The van der Waals surface area contributed by atoms with E-state index in [1.165, 1.54) is 6.07 Å². The Morgan fingerprint density at radius 1 is 0.552 bits per heavy atom. The minimum absolute atomic E-state index is 0.114. The van der Waals surface area contributed by atoms with E-state index in [9.17, 15) is 10.2 Å². The van der Waals surface area contributed by atoms with Crippen molar-refractivity contribution in [3.63, 3.8) is 0 Å². The van der Waals surface area contributed by atoms with Gasteiger partial charge in [0.25, 0.3) is 0 Å². The van der Waals surface area contributed by atoms with E-state index in [4.69, 9.17) is 0 Å². The second-order valence-corrected chi connectivity index (χ2v) is 6.81. The molecule has 0 aliphatic rings. The first kappa shape index (κ1) is 24.3. The van der Waals surface area contributed by atoms with E-state index in [1.54, 1.807) is 12.1 Å². The van der Waals surface area contributed by atoms with Gasteiger partial charge in [-0.05, 0) is 69.1 Å². The zero-order valence-electron chi connectivity index (χ0n) is 17.7. The predicted molar refractivity (Wildman–Crippen MR) is 126 cm³/mol. The fourth-order valence-electron chi connectivity index (χ4n) is 2.69. The van der Waals surface area contributed by atoms with Gasteiger partial charge in [-0.1, -0.05) is 79.8 Å². The van der Waals surface area contributed by atoms with E-state index in [2.05, 4.69) is 79.8 Å². The van der Waals surface area contributed by atoms with Crippen molar-refractivity contribution in [2.24, 2.45) is 0 Å². The Morgan fingerprint density at radius 2 is 0.931 bits per heavy atom. The molecule has 2 N–H and O–H groups in total. The number of hydrogen-bond acceptors (Lipinski definition) is 2. The summed E-state index contributed by atoms with van der Waals surface area (Å²) in [5.41, 5.74) is 0.946. The van der Waals surface area contributed by atoms with Crippen molar-refractivity contribution in [2.75, 3.05) is 0 Å². The molecular weight excluding hydrogens is 356 g/mol. The number of phenols is 2. The van der Waals surface area contributed by atoms with Crippen LogP contribution in [0.5, 0.6) is 11.5 Å². The number of hydrogen-bond donors (Lipinski definition) is 2. The number of phenolic OH excluding ortho intramolecular Hbond substituents is 2. The molecule has 29 heavy (non-hydrogen) atoms. The van der Waals surface area contributed by atoms with E-state index in [0.717, 1.165) is 56.9 Å². The Balaban J connectivity index is 2.03. The van der Waals surface area contributed by atoms with Crippen LogP contribution >= 0.6 is 0 Å². The van der Waals surface area contributed by atoms with Crippen LogP contribution in [-0.4, -0.2) is 10.2 Å². The molecule has 0 aromatic heterocycles. The zero-order valence-corrected chi connectivity index (χ0v) is 17.7. The second-order valence-electron chi connectivity index (χ2n) is 6.81. The van der Waals surface area contributed by atoms with Crippen LogP contribution in [0.2, 0.25) is 0 Å². The number of benzene rings is 1. The van der Waals surface area contributed by atoms with Crippen molar-refractivity contribution < 1.29 is 10.2 Å². The summed E-state index contributed by atoms with van der Waals surface area (Å²) in [6.45, 7) is 2.15. The van der Waals surface area contributed by atoms with Gasteiger partial charge in [-0.2, -0.15) is 0 Å². The Labute approximate surface area is 177 Å². The SMILES string of the molecule is CCC=CCC=CCC=CCC=CCC=CCC=CCCc1cc(O)cc(O)c1. The average molecular weight is 393 g/mol. The maximum atomic E-state index is 9.45. The maximum absolute atomic E-state index is 9.45. The summed E-state index contributed by atoms with van der Waals surface area (Å²) in [5, 5.41) is 18.9. The van der Waals surface area contributed by atoms with Gasteiger partial charge in [-0.15, -0.1) is 0 Å². The quantitative estimate of drug-likeness (QED) is 0.318. The van der Waals surface area contributed by atoms with Gasteiger partial charge in [0.1, 0.15) is 11.5 Å². The number of rotatable bonds is 14. The lowest BCUT2D eigenvalue weighted by atomic mass is 10.1. The molecule has 0 spiro atoms. The Morgan fingerprint density at radius 3 is 1.34 bits per heavy atom. The molecule has 156 valence electrons. The summed E-state index contributed by atoms with van der Waals surface area (Å²) in [6.07, 6.45) is 34.0. The summed E-state index contributed by atoms with van der Waals surface area (Å²) in [5.74, 6) is 0.227. The van der Waals surface area contributed by atoms with Gasteiger partial charge in [0, 0.05) is 6.07 Å². The first-order chi connectivity index (χ1) is 14.2. The smallest absolute Gasteiger partial charge is 0.119 e. The van der Waals surface area contributed by atoms with E-state index in [-0.39, 0.29) is 11.5 Å². The van der Waals surface area contributed by atoms with Crippen molar-refractivity contribution >= 4 is 0 Å². The van der Waals surface area contributed by atoms with Crippen LogP contribution in [0.4, 0.5) is 0 Å². The highest BCUT2D eigenvalue weighted by Gasteiger charge is 1.97. The van der Waals surface area contributed by atoms with E-state index >= 15 is 0 Å². The van der Waals surface area contributed by atoms with Crippen LogP contribution in [0, 0.1) is 0 Å². The van der Waals surface area contributed by atoms with Crippen LogP contribution in [0.25, 0.3) is 0 Å². The van der Waals surface area contributed by atoms with Gasteiger partial charge in [0.05, 0.1) is 0 Å². The van der Waals surface area contributed by atoms with Crippen LogP contribution in [0.1, 0.15) is 57.4 Å². The molecule has 0 amide bonds. The van der Waals surface area contributed by atoms with Gasteiger partial charge in [0.15, 0.2) is 0 Å². The largest absolute Gasteiger partial charge is 0.508 e. The van der Waals surface area contributed by atoms with Crippen LogP contribution in [0.3, 0.4) is 0 Å². The highest BCUT2D eigenvalue weighted by Crippen LogP contribution is 2.21. The third-order valence-corrected chi connectivity index (χ3v) is 4.16. The van der Waals surface area contributed by atoms with Crippen molar-refractivity contribution in [2.45, 2.75) is 58.3 Å². The Bertz CT molecular complexity index is 698. The molecule has 0 unspecified atom stereocenters. The summed E-state index contributed by atoms with van der Waals surface area (Å²) >= 11 is 0. The summed E-state index contributed by atoms with van der Waals surface area (Å²) < 4.78 is 0. The maximum Gasteiger partial charge on any atom is 0.119 e. The number of aromatic hydroxyl groups is 2. The lowest BCUT2D eigenvalue weighted by Gasteiger charge is -2.01. The van der Waals surface area contributed by atoms with E-state index in [0.29, 0.717) is 0 Å². The fourth-order valence-corrected chi connectivity index (χ4v) is 2.69. The topological polar surface area (TPSA) is 40.5 Å². The summed E-state index contributed by atoms with van der Waals surface area (Å²) in [6, 6.07) is 4.73. The normalized spacial score (nSPS) is 12.9. The van der Waals surface area contributed by atoms with Crippen molar-refractivity contribution in [1.82, 2.24) is 0 Å². The van der Waals surface area contributed by atoms with Crippen LogP contribution in [-0.2, 0) is 6.42 Å². The first-order valence-corrected chi connectivity index (χ1v) is 10.6. The average Bonchev–Trinajstić information content (AvgIpc) is 2.69. The summed E-state index contributed by atoms with van der Waals surface area (Å²) in [7, 11) is 0. The van der Waals surface area contributed by atoms with Crippen molar-refractivity contribution in [3.05, 3.63) is 96.7 Å². The molecule has 0 heterocycles. The molecule has 1 rings (SSSR count). The molecule has 0 bridgehead atoms. The lowest BCUT2D eigenvalue weighted by Crippen LogP contribution is -1.83. The molecule has 0 aliphatic heterocycles. The fraction of sp³-hybridized carbons (Fsp3) is 0.333. The minimum atomic E-state index is 0.114. The second kappa shape index (κ2) is 17.4. The molecule has 0 saturated carbocycles. The zero-order chi connectivity index (χ0) is 21.0. The Kier molecular flexibility index (Phi) is 14.5. The molecule has 0 radical (unpaired) electrons. The minimum Gasteiger partial charge on any atom is -0.508 e. The van der Waals surface area contributed by atoms with Gasteiger partial charge in [0.2, 0.25) is 0 Å². The van der Waals surface area contributed by atoms with Crippen LogP contribution in [0.15, 0.2) is 91.1 Å². The molecule has 0 saturated heterocycles. The van der Waals surface area contributed by atoms with Crippen molar-refractivity contribution in [1.29, 1.82) is 0 Å². The molecule has 0 fully saturated rings. The monoisotopic (exact) mass is 392 g/mol. The van der Waals surface area contributed by atoms with Crippen molar-refractivity contribution in [3.8, 4) is 11.5 Å². The van der Waals surface area contributed by atoms with Gasteiger partial charge in [-0.3, -0.25) is 0 Å². The standard InChI is InChI=1S/C27H36O2/c1-2-3-4-5-6-7-8-9-10-11-12-13-14-15-16-17-18-19-20-21-25-22-26(28)24-27(29)23-25/h3-4,6-7,9-10,12-13,15-16,18-19,22-24,28-29H,2,5,8,11,14,17,20-21H2,1H3. The third-order valence-electron chi connectivity index (χ3n) is 4.16. The molecule has 1 aromatic carbocycles. The van der Waals surface area contributed by atoms with Gasteiger partial charge in [-0.25, -0.2) is 0 Å². The molecule has 2 nitrogen and oxygen atoms in total. The Hall–Kier alpha value is -2.74. The molecule has 2 heteroatoms. The van der Waals surface area contributed by atoms with E-state index in [1.807, 2.05) is 0 Å². The van der Waals surface area contributed by atoms with Gasteiger partial charge < -0.3 is 10.2 Å². The van der Waals surface area contributed by atoms with Gasteiger partial charge >= 0.3 is 0 Å². The highest BCUT2D eigenvalue weighted by molar-refractivity contribution is 5.36. The molecule has 0 atom stereocenters. The number of allylic oxidation sites excluding steroid dienone is 12. The molecular formula is C27H36O2. The summed E-state index contributed by atoms with van der Waals surface area (Å²) in [4.78, 5) is 0. The lowest BCUT2D eigenvalue weighted by molar-refractivity contribution is 0.449. The third kappa shape index (κ3) is 14.9. The van der Waals surface area contributed by atoms with Crippen LogP contribution < -0.4 is 0 Å². The van der Waals surface area contributed by atoms with E-state index < -0.39 is 0 Å². The molecule has 1 aromatic rings. The number of aryl methyl sites for hydroxylation is 1.